The summed E-state index contributed by atoms with van der Waals surface area (Å²) in [5, 5.41) is 2.87. The Labute approximate surface area is 158 Å². The SMILES string of the molecule is O=C(Cc1ccc(-c2ccccc2)cc1)NC1CS(=O)(=O)c2ccccc21. The third-order valence-corrected chi connectivity index (χ3v) is 6.59. The molecule has 1 unspecified atom stereocenters. The van der Waals surface area contributed by atoms with Crippen molar-refractivity contribution in [3.8, 4) is 11.1 Å². The van der Waals surface area contributed by atoms with E-state index >= 15 is 0 Å². The fraction of sp³-hybridized carbons (Fsp3) is 0.136. The number of rotatable bonds is 4. The van der Waals surface area contributed by atoms with Crippen LogP contribution in [-0.2, 0) is 21.1 Å². The molecular weight excluding hydrogens is 358 g/mol. The van der Waals surface area contributed by atoms with Gasteiger partial charge in [0.15, 0.2) is 9.84 Å². The van der Waals surface area contributed by atoms with E-state index in [1.54, 1.807) is 24.3 Å². The number of sulfone groups is 1. The van der Waals surface area contributed by atoms with Gasteiger partial charge in [0.2, 0.25) is 5.91 Å². The summed E-state index contributed by atoms with van der Waals surface area (Å²) >= 11 is 0. The van der Waals surface area contributed by atoms with Gasteiger partial charge in [-0.3, -0.25) is 4.79 Å². The van der Waals surface area contributed by atoms with E-state index in [2.05, 4.69) is 5.32 Å². The molecule has 4 rings (SSSR count). The van der Waals surface area contributed by atoms with Gasteiger partial charge < -0.3 is 5.32 Å². The van der Waals surface area contributed by atoms with E-state index in [1.807, 2.05) is 54.6 Å². The zero-order chi connectivity index (χ0) is 18.9. The lowest BCUT2D eigenvalue weighted by Gasteiger charge is -2.13. The van der Waals surface area contributed by atoms with E-state index in [4.69, 9.17) is 0 Å². The normalized spacial score (nSPS) is 17.3. The van der Waals surface area contributed by atoms with Crippen molar-refractivity contribution < 1.29 is 13.2 Å². The van der Waals surface area contributed by atoms with Crippen LogP contribution in [0.15, 0.2) is 83.8 Å². The molecule has 1 heterocycles. The molecule has 1 atom stereocenters. The van der Waals surface area contributed by atoms with Crippen LogP contribution >= 0.6 is 0 Å². The fourth-order valence-electron chi connectivity index (χ4n) is 3.45. The van der Waals surface area contributed by atoms with Crippen molar-refractivity contribution in [3.63, 3.8) is 0 Å². The average molecular weight is 377 g/mol. The van der Waals surface area contributed by atoms with Crippen molar-refractivity contribution in [3.05, 3.63) is 90.0 Å². The summed E-state index contributed by atoms with van der Waals surface area (Å²) in [6.07, 6.45) is 0.216. The molecule has 136 valence electrons. The van der Waals surface area contributed by atoms with E-state index in [1.165, 1.54) is 0 Å². The maximum Gasteiger partial charge on any atom is 0.224 e. The van der Waals surface area contributed by atoms with Crippen LogP contribution in [0.2, 0.25) is 0 Å². The monoisotopic (exact) mass is 377 g/mol. The number of nitrogens with one attached hydrogen (secondary N) is 1. The van der Waals surface area contributed by atoms with Crippen LogP contribution in [0, 0.1) is 0 Å². The van der Waals surface area contributed by atoms with E-state index in [9.17, 15) is 13.2 Å². The summed E-state index contributed by atoms with van der Waals surface area (Å²) in [6.45, 7) is 0. The molecule has 0 saturated heterocycles. The Balaban J connectivity index is 1.45. The highest BCUT2D eigenvalue weighted by atomic mass is 32.2. The van der Waals surface area contributed by atoms with Crippen molar-refractivity contribution in [1.29, 1.82) is 0 Å². The van der Waals surface area contributed by atoms with Gasteiger partial charge in [-0.05, 0) is 28.3 Å². The molecule has 0 fully saturated rings. The summed E-state index contributed by atoms with van der Waals surface area (Å²) in [5.74, 6) is -0.259. The van der Waals surface area contributed by atoms with Crippen LogP contribution in [0.1, 0.15) is 17.2 Å². The lowest BCUT2D eigenvalue weighted by molar-refractivity contribution is -0.121. The molecule has 0 spiro atoms. The second-order valence-electron chi connectivity index (χ2n) is 6.68. The highest BCUT2D eigenvalue weighted by molar-refractivity contribution is 7.91. The van der Waals surface area contributed by atoms with Crippen LogP contribution in [-0.4, -0.2) is 20.1 Å². The first-order valence-corrected chi connectivity index (χ1v) is 10.4. The maximum absolute atomic E-state index is 12.4. The standard InChI is InChI=1S/C22H19NO3S/c24-22(23-20-15-27(25,26)21-9-5-4-8-19(20)21)14-16-10-12-18(13-11-16)17-6-2-1-3-7-17/h1-13,20H,14-15H2,(H,23,24). The number of benzene rings is 3. The molecular formula is C22H19NO3S. The van der Waals surface area contributed by atoms with Crippen molar-refractivity contribution in [2.75, 3.05) is 5.75 Å². The minimum absolute atomic E-state index is 0.0783. The van der Waals surface area contributed by atoms with Crippen LogP contribution in [0.25, 0.3) is 11.1 Å². The largest absolute Gasteiger partial charge is 0.348 e. The second kappa shape index (κ2) is 7.00. The summed E-state index contributed by atoms with van der Waals surface area (Å²) in [6, 6.07) is 24.3. The smallest absolute Gasteiger partial charge is 0.224 e. The zero-order valence-corrected chi connectivity index (χ0v) is 15.4. The quantitative estimate of drug-likeness (QED) is 0.756. The highest BCUT2D eigenvalue weighted by Crippen LogP contribution is 2.33. The number of hydrogen-bond donors (Lipinski definition) is 1. The third-order valence-electron chi connectivity index (χ3n) is 4.78. The zero-order valence-electron chi connectivity index (χ0n) is 14.6. The molecule has 1 aliphatic heterocycles. The van der Waals surface area contributed by atoms with Crippen molar-refractivity contribution in [1.82, 2.24) is 5.32 Å². The summed E-state index contributed by atoms with van der Waals surface area (Å²) in [7, 11) is -3.32. The van der Waals surface area contributed by atoms with Crippen LogP contribution in [0.3, 0.4) is 0 Å². The number of hydrogen-bond acceptors (Lipinski definition) is 3. The molecule has 0 radical (unpaired) electrons. The molecule has 1 amide bonds. The number of carbonyl (C=O) groups is 1. The minimum atomic E-state index is -3.32. The number of amides is 1. The van der Waals surface area contributed by atoms with E-state index in [0.717, 1.165) is 16.7 Å². The van der Waals surface area contributed by atoms with Crippen LogP contribution in [0.5, 0.6) is 0 Å². The Morgan fingerprint density at radius 1 is 0.852 bits per heavy atom. The van der Waals surface area contributed by atoms with Gasteiger partial charge in [0, 0.05) is 0 Å². The van der Waals surface area contributed by atoms with Crippen LogP contribution < -0.4 is 5.32 Å². The lowest BCUT2D eigenvalue weighted by Crippen LogP contribution is -2.30. The topological polar surface area (TPSA) is 63.2 Å². The summed E-state index contributed by atoms with van der Waals surface area (Å²) in [5.41, 5.74) is 3.78. The van der Waals surface area contributed by atoms with Crippen molar-refractivity contribution in [2.45, 2.75) is 17.4 Å². The first kappa shape index (κ1) is 17.5. The Bertz CT molecular complexity index is 1070. The first-order valence-electron chi connectivity index (χ1n) is 8.78. The first-order chi connectivity index (χ1) is 13.0. The van der Waals surface area contributed by atoms with Crippen molar-refractivity contribution >= 4 is 15.7 Å². The number of carbonyl (C=O) groups excluding carboxylic acids is 1. The van der Waals surface area contributed by atoms with Gasteiger partial charge in [0.1, 0.15) is 0 Å². The molecule has 0 aromatic heterocycles. The highest BCUT2D eigenvalue weighted by Gasteiger charge is 2.35. The van der Waals surface area contributed by atoms with Gasteiger partial charge in [0.25, 0.3) is 0 Å². The molecule has 4 nitrogen and oxygen atoms in total. The van der Waals surface area contributed by atoms with E-state index < -0.39 is 15.9 Å². The van der Waals surface area contributed by atoms with Gasteiger partial charge in [-0.25, -0.2) is 8.42 Å². The third kappa shape index (κ3) is 3.64. The Morgan fingerprint density at radius 2 is 1.48 bits per heavy atom. The summed E-state index contributed by atoms with van der Waals surface area (Å²) < 4.78 is 24.4. The summed E-state index contributed by atoms with van der Waals surface area (Å²) in [4.78, 5) is 12.8. The van der Waals surface area contributed by atoms with Gasteiger partial charge in [-0.2, -0.15) is 0 Å². The van der Waals surface area contributed by atoms with E-state index in [-0.39, 0.29) is 18.1 Å². The lowest BCUT2D eigenvalue weighted by atomic mass is 10.0. The molecule has 5 heteroatoms. The average Bonchev–Trinajstić information content (AvgIpc) is 2.93. The fourth-order valence-corrected chi connectivity index (χ4v) is 5.18. The number of fused-ring (bicyclic) bond motifs is 1. The van der Waals surface area contributed by atoms with Gasteiger partial charge >= 0.3 is 0 Å². The maximum atomic E-state index is 12.4. The van der Waals surface area contributed by atoms with E-state index in [0.29, 0.717) is 10.5 Å². The molecule has 3 aromatic carbocycles. The predicted molar refractivity (Wildman–Crippen MR) is 105 cm³/mol. The van der Waals surface area contributed by atoms with Gasteiger partial charge in [-0.15, -0.1) is 0 Å². The van der Waals surface area contributed by atoms with Gasteiger partial charge in [0.05, 0.1) is 23.1 Å². The molecule has 27 heavy (non-hydrogen) atoms. The molecule has 1 N–H and O–H groups in total. The minimum Gasteiger partial charge on any atom is -0.348 e. The molecule has 1 aliphatic rings. The molecule has 0 saturated carbocycles. The van der Waals surface area contributed by atoms with Gasteiger partial charge in [-0.1, -0.05) is 72.8 Å². The predicted octanol–water partition coefficient (Wildman–Crippen LogP) is 3.54. The molecule has 0 bridgehead atoms. The second-order valence-corrected chi connectivity index (χ2v) is 8.68. The molecule has 0 aliphatic carbocycles. The molecule has 3 aromatic rings. The Morgan fingerprint density at radius 3 is 2.22 bits per heavy atom. The van der Waals surface area contributed by atoms with Crippen molar-refractivity contribution in [2.24, 2.45) is 0 Å². The van der Waals surface area contributed by atoms with Crippen LogP contribution in [0.4, 0.5) is 0 Å². The Hall–Kier alpha value is -2.92. The Kier molecular flexibility index (Phi) is 4.54.